The van der Waals surface area contributed by atoms with Crippen LogP contribution in [0.15, 0.2) is 30.0 Å². The number of benzene rings is 1. The Hall–Kier alpha value is -1.88. The second kappa shape index (κ2) is 5.25. The van der Waals surface area contributed by atoms with E-state index in [4.69, 9.17) is 11.6 Å². The Morgan fingerprint density at radius 2 is 2.05 bits per heavy atom. The van der Waals surface area contributed by atoms with E-state index in [1.54, 1.807) is 12.1 Å². The third kappa shape index (κ3) is 3.36. The molecule has 0 saturated carbocycles. The minimum absolute atomic E-state index is 0.0622. The topological polar surface area (TPSA) is 72.2 Å². The van der Waals surface area contributed by atoms with E-state index >= 15 is 0 Å². The molecule has 0 fully saturated rings. The Bertz CT molecular complexity index is 608. The van der Waals surface area contributed by atoms with Gasteiger partial charge in [-0.15, -0.1) is 0 Å². The summed E-state index contributed by atoms with van der Waals surface area (Å²) >= 11 is 5.76. The van der Waals surface area contributed by atoms with E-state index in [0.29, 0.717) is 12.1 Å². The fourth-order valence-corrected chi connectivity index (χ4v) is 2.53. The van der Waals surface area contributed by atoms with Gasteiger partial charge in [0.25, 0.3) is 5.69 Å². The smallest absolute Gasteiger partial charge is 0.289 e. The lowest BCUT2D eigenvalue weighted by Crippen LogP contribution is -2.24. The Labute approximate surface area is 121 Å². The molecular weight excluding hydrogens is 280 g/mol. The van der Waals surface area contributed by atoms with E-state index in [1.165, 1.54) is 12.1 Å². The Balaban J connectivity index is 2.24. The molecule has 6 heteroatoms. The molecule has 0 heterocycles. The number of nitro benzene ring substituents is 1. The maximum atomic E-state index is 11.7. The van der Waals surface area contributed by atoms with Crippen LogP contribution >= 0.6 is 11.6 Å². The molecule has 0 atom stereocenters. The van der Waals surface area contributed by atoms with Gasteiger partial charge in [0.2, 0.25) is 0 Å². The molecule has 20 heavy (non-hydrogen) atoms. The fraction of sp³-hybridized carbons (Fsp3) is 0.357. The molecule has 0 bridgehead atoms. The molecule has 1 aromatic carbocycles. The standard InChI is InChI=1S/C14H15ClN2O3/c1-14(2)7-10(5-11(18)8-14)16-9-3-4-12(15)13(6-9)17(19)20/h3-6,16H,7-8H2,1-2H3. The van der Waals surface area contributed by atoms with E-state index in [0.717, 1.165) is 12.1 Å². The van der Waals surface area contributed by atoms with Crippen LogP contribution in [0.25, 0.3) is 0 Å². The van der Waals surface area contributed by atoms with Crippen molar-refractivity contribution in [2.75, 3.05) is 5.32 Å². The number of nitrogens with one attached hydrogen (secondary N) is 1. The molecule has 0 saturated heterocycles. The Kier molecular flexibility index (Phi) is 3.81. The average molecular weight is 295 g/mol. The van der Waals surface area contributed by atoms with Gasteiger partial charge < -0.3 is 5.32 Å². The number of hydrogen-bond acceptors (Lipinski definition) is 4. The van der Waals surface area contributed by atoms with E-state index in [2.05, 4.69) is 5.32 Å². The first-order chi connectivity index (χ1) is 9.27. The second-order valence-electron chi connectivity index (χ2n) is 5.70. The van der Waals surface area contributed by atoms with Crippen molar-refractivity contribution in [1.29, 1.82) is 0 Å². The maximum absolute atomic E-state index is 11.7. The van der Waals surface area contributed by atoms with Crippen LogP contribution in [0.1, 0.15) is 26.7 Å². The van der Waals surface area contributed by atoms with E-state index in [9.17, 15) is 14.9 Å². The number of anilines is 1. The highest BCUT2D eigenvalue weighted by atomic mass is 35.5. The van der Waals surface area contributed by atoms with Gasteiger partial charge in [0.1, 0.15) is 5.02 Å². The molecule has 1 aliphatic carbocycles. The van der Waals surface area contributed by atoms with Crippen LogP contribution < -0.4 is 5.32 Å². The molecule has 0 spiro atoms. The van der Waals surface area contributed by atoms with Gasteiger partial charge in [0.15, 0.2) is 5.78 Å². The third-order valence-electron chi connectivity index (χ3n) is 3.10. The molecular formula is C14H15ClN2O3. The molecule has 0 amide bonds. The van der Waals surface area contributed by atoms with Crippen molar-refractivity contribution >= 4 is 28.8 Å². The van der Waals surface area contributed by atoms with Crippen LogP contribution in [0.3, 0.4) is 0 Å². The van der Waals surface area contributed by atoms with Gasteiger partial charge in [-0.05, 0) is 24.0 Å². The van der Waals surface area contributed by atoms with E-state index in [-0.39, 0.29) is 21.9 Å². The predicted octanol–water partition coefficient (Wildman–Crippen LogP) is 3.93. The largest absolute Gasteiger partial charge is 0.359 e. The van der Waals surface area contributed by atoms with Crippen LogP contribution in [0.2, 0.25) is 5.02 Å². The van der Waals surface area contributed by atoms with Crippen molar-refractivity contribution in [2.45, 2.75) is 26.7 Å². The fourth-order valence-electron chi connectivity index (χ4n) is 2.34. The van der Waals surface area contributed by atoms with Gasteiger partial charge in [-0.1, -0.05) is 25.4 Å². The van der Waals surface area contributed by atoms with Gasteiger partial charge >= 0.3 is 0 Å². The first-order valence-corrected chi connectivity index (χ1v) is 6.59. The van der Waals surface area contributed by atoms with Crippen molar-refractivity contribution in [2.24, 2.45) is 5.41 Å². The molecule has 5 nitrogen and oxygen atoms in total. The predicted molar refractivity (Wildman–Crippen MR) is 77.8 cm³/mol. The van der Waals surface area contributed by atoms with Crippen LogP contribution in [-0.2, 0) is 4.79 Å². The molecule has 0 radical (unpaired) electrons. The van der Waals surface area contributed by atoms with Crippen molar-refractivity contribution in [1.82, 2.24) is 0 Å². The highest BCUT2D eigenvalue weighted by Gasteiger charge is 2.27. The van der Waals surface area contributed by atoms with Crippen molar-refractivity contribution in [3.05, 3.63) is 45.1 Å². The number of hydrogen-bond donors (Lipinski definition) is 1. The third-order valence-corrected chi connectivity index (χ3v) is 3.42. The minimum Gasteiger partial charge on any atom is -0.359 e. The summed E-state index contributed by atoms with van der Waals surface area (Å²) in [6.07, 6.45) is 2.79. The highest BCUT2D eigenvalue weighted by Crippen LogP contribution is 2.35. The Morgan fingerprint density at radius 3 is 2.65 bits per heavy atom. The van der Waals surface area contributed by atoms with Gasteiger partial charge in [0, 0.05) is 29.9 Å². The van der Waals surface area contributed by atoms with Crippen LogP contribution in [-0.4, -0.2) is 10.7 Å². The van der Waals surface area contributed by atoms with Crippen LogP contribution in [0.4, 0.5) is 11.4 Å². The monoisotopic (exact) mass is 294 g/mol. The quantitative estimate of drug-likeness (QED) is 0.677. The van der Waals surface area contributed by atoms with E-state index in [1.807, 2.05) is 13.8 Å². The van der Waals surface area contributed by atoms with Crippen molar-refractivity contribution in [3.63, 3.8) is 0 Å². The molecule has 2 rings (SSSR count). The zero-order valence-corrected chi connectivity index (χ0v) is 12.0. The highest BCUT2D eigenvalue weighted by molar-refractivity contribution is 6.32. The SMILES string of the molecule is CC1(C)CC(=O)C=C(Nc2ccc(Cl)c([N+](=O)[O-])c2)C1. The first-order valence-electron chi connectivity index (χ1n) is 6.21. The Morgan fingerprint density at radius 1 is 1.35 bits per heavy atom. The molecule has 106 valence electrons. The van der Waals surface area contributed by atoms with Crippen LogP contribution in [0, 0.1) is 15.5 Å². The normalized spacial score (nSPS) is 17.6. The summed E-state index contributed by atoms with van der Waals surface area (Å²) in [5.41, 5.74) is 1.06. The summed E-state index contributed by atoms with van der Waals surface area (Å²) in [5, 5.41) is 14.0. The number of halogens is 1. The van der Waals surface area contributed by atoms with Crippen molar-refractivity contribution < 1.29 is 9.72 Å². The number of ketones is 1. The molecule has 1 N–H and O–H groups in total. The summed E-state index contributed by atoms with van der Waals surface area (Å²) in [5.74, 6) is 0.0622. The molecule has 0 aliphatic heterocycles. The maximum Gasteiger partial charge on any atom is 0.289 e. The van der Waals surface area contributed by atoms with Gasteiger partial charge in [-0.25, -0.2) is 0 Å². The number of allylic oxidation sites excluding steroid dienone is 2. The first kappa shape index (κ1) is 14.5. The summed E-state index contributed by atoms with van der Waals surface area (Å²) < 4.78 is 0. The minimum atomic E-state index is -0.530. The summed E-state index contributed by atoms with van der Waals surface area (Å²) in [7, 11) is 0. The zero-order chi connectivity index (χ0) is 14.9. The molecule has 0 aromatic heterocycles. The summed E-state index contributed by atoms with van der Waals surface area (Å²) in [6, 6.07) is 4.50. The lowest BCUT2D eigenvalue weighted by atomic mass is 9.79. The summed E-state index contributed by atoms with van der Waals surface area (Å²) in [4.78, 5) is 22.0. The van der Waals surface area contributed by atoms with E-state index < -0.39 is 4.92 Å². The van der Waals surface area contributed by atoms with Gasteiger partial charge in [-0.2, -0.15) is 0 Å². The number of carbonyl (C=O) groups is 1. The summed E-state index contributed by atoms with van der Waals surface area (Å²) in [6.45, 7) is 4.04. The number of nitrogens with zero attached hydrogens (tertiary/aromatic N) is 1. The van der Waals surface area contributed by atoms with Crippen LogP contribution in [0.5, 0.6) is 0 Å². The molecule has 0 unspecified atom stereocenters. The van der Waals surface area contributed by atoms with Gasteiger partial charge in [0.05, 0.1) is 4.92 Å². The van der Waals surface area contributed by atoms with Gasteiger partial charge in [-0.3, -0.25) is 14.9 Å². The molecule has 1 aromatic rings. The average Bonchev–Trinajstić information content (AvgIpc) is 2.28. The lowest BCUT2D eigenvalue weighted by molar-refractivity contribution is -0.384. The number of rotatable bonds is 3. The zero-order valence-electron chi connectivity index (χ0n) is 11.3. The number of carbonyl (C=O) groups excluding carboxylic acids is 1. The lowest BCUT2D eigenvalue weighted by Gasteiger charge is -2.29. The molecule has 1 aliphatic rings. The van der Waals surface area contributed by atoms with Crippen molar-refractivity contribution in [3.8, 4) is 0 Å². The number of nitro groups is 1. The second-order valence-corrected chi connectivity index (χ2v) is 6.11.